The monoisotopic (exact) mass is 240 g/mol. The third-order valence-electron chi connectivity index (χ3n) is 3.77. The second kappa shape index (κ2) is 4.92. The molecule has 1 amide bonds. The molecule has 3 rings (SSSR count). The molecule has 3 atom stereocenters. The molecular formula is C12H20N2O3. The molecule has 3 aliphatic rings. The van der Waals surface area contributed by atoms with Crippen LogP contribution >= 0.6 is 0 Å². The standard InChI is InChI=1S/C12H20N2O3/c15-12(10-7-13-4-6-16-10)14-9-3-5-17-11(9)8-1-2-8/h8-11,13H,1-7H2,(H,14,15). The molecule has 17 heavy (non-hydrogen) atoms. The van der Waals surface area contributed by atoms with Crippen LogP contribution in [-0.2, 0) is 14.3 Å². The molecular weight excluding hydrogens is 220 g/mol. The number of ether oxygens (including phenoxy) is 2. The van der Waals surface area contributed by atoms with E-state index in [1.54, 1.807) is 0 Å². The van der Waals surface area contributed by atoms with E-state index in [0.717, 1.165) is 19.6 Å². The minimum Gasteiger partial charge on any atom is -0.376 e. The summed E-state index contributed by atoms with van der Waals surface area (Å²) in [5.74, 6) is 0.687. The highest BCUT2D eigenvalue weighted by atomic mass is 16.5. The summed E-state index contributed by atoms with van der Waals surface area (Å²) in [6.07, 6.45) is 3.35. The molecule has 3 unspecified atom stereocenters. The molecule has 96 valence electrons. The first-order valence-electron chi connectivity index (χ1n) is 6.59. The average molecular weight is 240 g/mol. The zero-order valence-corrected chi connectivity index (χ0v) is 9.98. The van der Waals surface area contributed by atoms with Crippen molar-refractivity contribution in [2.45, 2.75) is 37.5 Å². The molecule has 2 aliphatic heterocycles. The molecule has 0 bridgehead atoms. The number of hydrogen-bond donors (Lipinski definition) is 2. The fraction of sp³-hybridized carbons (Fsp3) is 0.917. The van der Waals surface area contributed by atoms with E-state index in [1.165, 1.54) is 12.8 Å². The van der Waals surface area contributed by atoms with Gasteiger partial charge in [-0.15, -0.1) is 0 Å². The van der Waals surface area contributed by atoms with E-state index in [-0.39, 0.29) is 24.2 Å². The summed E-state index contributed by atoms with van der Waals surface area (Å²) in [6, 6.07) is 0.195. The second-order valence-corrected chi connectivity index (χ2v) is 5.14. The largest absolute Gasteiger partial charge is 0.376 e. The highest BCUT2D eigenvalue weighted by Crippen LogP contribution is 2.38. The first-order chi connectivity index (χ1) is 8.34. The van der Waals surface area contributed by atoms with E-state index >= 15 is 0 Å². The van der Waals surface area contributed by atoms with Crippen molar-refractivity contribution in [2.75, 3.05) is 26.3 Å². The third kappa shape index (κ3) is 2.61. The number of nitrogens with one attached hydrogen (secondary N) is 2. The van der Waals surface area contributed by atoms with Gasteiger partial charge in [0, 0.05) is 19.7 Å². The first-order valence-corrected chi connectivity index (χ1v) is 6.59. The molecule has 5 nitrogen and oxygen atoms in total. The van der Waals surface area contributed by atoms with Gasteiger partial charge in [-0.1, -0.05) is 0 Å². The van der Waals surface area contributed by atoms with E-state index in [9.17, 15) is 4.79 Å². The predicted molar refractivity (Wildman–Crippen MR) is 61.6 cm³/mol. The predicted octanol–water partition coefficient (Wildman–Crippen LogP) is -0.341. The van der Waals surface area contributed by atoms with Crippen LogP contribution in [0.2, 0.25) is 0 Å². The van der Waals surface area contributed by atoms with Crippen molar-refractivity contribution in [3.8, 4) is 0 Å². The molecule has 0 aromatic carbocycles. The Balaban J connectivity index is 1.52. The minimum absolute atomic E-state index is 0.0124. The molecule has 0 aromatic rings. The molecule has 2 N–H and O–H groups in total. The Kier molecular flexibility index (Phi) is 3.31. The lowest BCUT2D eigenvalue weighted by Gasteiger charge is -2.26. The van der Waals surface area contributed by atoms with Crippen LogP contribution in [0.5, 0.6) is 0 Å². The van der Waals surface area contributed by atoms with Crippen LogP contribution in [-0.4, -0.2) is 50.5 Å². The van der Waals surface area contributed by atoms with Gasteiger partial charge in [0.1, 0.15) is 6.10 Å². The topological polar surface area (TPSA) is 59.6 Å². The molecule has 2 heterocycles. The van der Waals surface area contributed by atoms with Crippen LogP contribution in [0.3, 0.4) is 0 Å². The second-order valence-electron chi connectivity index (χ2n) is 5.14. The maximum absolute atomic E-state index is 12.0. The van der Waals surface area contributed by atoms with Crippen molar-refractivity contribution in [2.24, 2.45) is 5.92 Å². The van der Waals surface area contributed by atoms with Gasteiger partial charge in [-0.3, -0.25) is 4.79 Å². The van der Waals surface area contributed by atoms with Gasteiger partial charge in [0.15, 0.2) is 0 Å². The fourth-order valence-electron chi connectivity index (χ4n) is 2.66. The van der Waals surface area contributed by atoms with E-state index in [4.69, 9.17) is 9.47 Å². The average Bonchev–Trinajstić information content (AvgIpc) is 3.11. The van der Waals surface area contributed by atoms with E-state index in [1.807, 2.05) is 0 Å². The number of amides is 1. The van der Waals surface area contributed by atoms with Crippen molar-refractivity contribution in [3.63, 3.8) is 0 Å². The molecule has 1 saturated carbocycles. The Morgan fingerprint density at radius 2 is 2.06 bits per heavy atom. The lowest BCUT2D eigenvalue weighted by Crippen LogP contribution is -2.52. The van der Waals surface area contributed by atoms with Gasteiger partial charge in [-0.2, -0.15) is 0 Å². The highest BCUT2D eigenvalue weighted by molar-refractivity contribution is 5.81. The number of rotatable bonds is 3. The Bertz CT molecular complexity index is 287. The van der Waals surface area contributed by atoms with Crippen molar-refractivity contribution in [3.05, 3.63) is 0 Å². The van der Waals surface area contributed by atoms with Crippen LogP contribution < -0.4 is 10.6 Å². The molecule has 0 radical (unpaired) electrons. The highest BCUT2D eigenvalue weighted by Gasteiger charge is 2.41. The van der Waals surface area contributed by atoms with Crippen molar-refractivity contribution in [1.82, 2.24) is 10.6 Å². The SMILES string of the molecule is O=C(NC1CCOC1C1CC1)C1CNCCO1. The zero-order valence-electron chi connectivity index (χ0n) is 9.98. The lowest BCUT2D eigenvalue weighted by molar-refractivity contribution is -0.135. The molecule has 2 saturated heterocycles. The van der Waals surface area contributed by atoms with Crippen LogP contribution in [0, 0.1) is 5.92 Å². The minimum atomic E-state index is -0.329. The zero-order chi connectivity index (χ0) is 11.7. The maximum atomic E-state index is 12.0. The summed E-state index contributed by atoms with van der Waals surface area (Å²) in [6.45, 7) is 2.84. The van der Waals surface area contributed by atoms with E-state index in [2.05, 4.69) is 10.6 Å². The number of morpholine rings is 1. The maximum Gasteiger partial charge on any atom is 0.250 e. The van der Waals surface area contributed by atoms with E-state index < -0.39 is 0 Å². The first kappa shape index (κ1) is 11.4. The summed E-state index contributed by atoms with van der Waals surface area (Å²) in [5, 5.41) is 6.26. The van der Waals surface area contributed by atoms with Gasteiger partial charge in [0.05, 0.1) is 18.8 Å². The molecule has 3 fully saturated rings. The van der Waals surface area contributed by atoms with Gasteiger partial charge in [0.2, 0.25) is 0 Å². The normalized spacial score (nSPS) is 38.0. The van der Waals surface area contributed by atoms with Crippen molar-refractivity contribution in [1.29, 1.82) is 0 Å². The molecule has 5 heteroatoms. The number of carbonyl (C=O) groups is 1. The molecule has 1 aliphatic carbocycles. The number of carbonyl (C=O) groups excluding carboxylic acids is 1. The van der Waals surface area contributed by atoms with Gasteiger partial charge in [-0.25, -0.2) is 0 Å². The van der Waals surface area contributed by atoms with Crippen LogP contribution in [0.4, 0.5) is 0 Å². The molecule has 0 aromatic heterocycles. The smallest absolute Gasteiger partial charge is 0.250 e. The van der Waals surface area contributed by atoms with Crippen molar-refractivity contribution >= 4 is 5.91 Å². The van der Waals surface area contributed by atoms with Crippen LogP contribution in [0.1, 0.15) is 19.3 Å². The number of hydrogen-bond acceptors (Lipinski definition) is 4. The van der Waals surface area contributed by atoms with Gasteiger partial charge < -0.3 is 20.1 Å². The summed E-state index contributed by atoms with van der Waals surface area (Å²) in [4.78, 5) is 12.0. The Hall–Kier alpha value is -0.650. The van der Waals surface area contributed by atoms with Gasteiger partial charge in [0.25, 0.3) is 5.91 Å². The fourth-order valence-corrected chi connectivity index (χ4v) is 2.66. The van der Waals surface area contributed by atoms with Crippen LogP contribution in [0.15, 0.2) is 0 Å². The summed E-state index contributed by atoms with van der Waals surface area (Å²) >= 11 is 0. The summed E-state index contributed by atoms with van der Waals surface area (Å²) in [5.41, 5.74) is 0. The van der Waals surface area contributed by atoms with Gasteiger partial charge >= 0.3 is 0 Å². The quantitative estimate of drug-likeness (QED) is 0.708. The van der Waals surface area contributed by atoms with Crippen molar-refractivity contribution < 1.29 is 14.3 Å². The van der Waals surface area contributed by atoms with Crippen LogP contribution in [0.25, 0.3) is 0 Å². The molecule has 0 spiro atoms. The van der Waals surface area contributed by atoms with Gasteiger partial charge in [-0.05, 0) is 25.2 Å². The summed E-state index contributed by atoms with van der Waals surface area (Å²) < 4.78 is 11.2. The summed E-state index contributed by atoms with van der Waals surface area (Å²) in [7, 11) is 0. The Morgan fingerprint density at radius 3 is 2.76 bits per heavy atom. The Labute approximate surface area is 101 Å². The Morgan fingerprint density at radius 1 is 1.18 bits per heavy atom. The van der Waals surface area contributed by atoms with E-state index in [0.29, 0.717) is 19.1 Å². The third-order valence-corrected chi connectivity index (χ3v) is 3.77. The lowest BCUT2D eigenvalue weighted by atomic mass is 10.1.